The Kier molecular flexibility index (Phi) is 5.29. The quantitative estimate of drug-likeness (QED) is 0.572. The third-order valence-electron chi connectivity index (χ3n) is 6.47. The monoisotopic (exact) mass is 431 g/mol. The topological polar surface area (TPSA) is 47.4 Å². The molecule has 1 aliphatic carbocycles. The lowest BCUT2D eigenvalue weighted by atomic mass is 9.98. The molecule has 1 aromatic heterocycles. The molecule has 0 bridgehead atoms. The van der Waals surface area contributed by atoms with Gasteiger partial charge in [-0.25, -0.2) is 9.37 Å². The number of carbonyl (C=O) groups is 1. The van der Waals surface area contributed by atoms with E-state index in [1.54, 1.807) is 19.5 Å². The van der Waals surface area contributed by atoms with Crippen LogP contribution in [-0.4, -0.2) is 40.1 Å². The SMILES string of the molecule is COc1cc(C=C2CCCN([C@H]3Cc4cccc(F)c4C3)C2=O)ccc1-n1cnc(C)c1. The van der Waals surface area contributed by atoms with Crippen molar-refractivity contribution in [3.63, 3.8) is 0 Å². The Hall–Kier alpha value is -3.41. The van der Waals surface area contributed by atoms with E-state index in [2.05, 4.69) is 4.98 Å². The molecule has 5 nitrogen and oxygen atoms in total. The maximum absolute atomic E-state index is 14.2. The van der Waals surface area contributed by atoms with E-state index in [0.29, 0.717) is 6.42 Å². The number of methoxy groups -OCH3 is 1. The Morgan fingerprint density at radius 2 is 2.09 bits per heavy atom. The van der Waals surface area contributed by atoms with E-state index >= 15 is 0 Å². The van der Waals surface area contributed by atoms with Gasteiger partial charge in [0.15, 0.2) is 0 Å². The van der Waals surface area contributed by atoms with Crippen molar-refractivity contribution >= 4 is 12.0 Å². The lowest BCUT2D eigenvalue weighted by molar-refractivity contribution is -0.130. The van der Waals surface area contributed by atoms with Gasteiger partial charge < -0.3 is 14.2 Å². The molecule has 0 spiro atoms. The summed E-state index contributed by atoms with van der Waals surface area (Å²) in [7, 11) is 1.64. The van der Waals surface area contributed by atoms with Crippen molar-refractivity contribution in [3.05, 3.63) is 82.7 Å². The van der Waals surface area contributed by atoms with Crippen LogP contribution in [0, 0.1) is 12.7 Å². The Balaban J connectivity index is 1.38. The average molecular weight is 432 g/mol. The second-order valence-corrected chi connectivity index (χ2v) is 8.56. The van der Waals surface area contributed by atoms with Crippen molar-refractivity contribution in [2.24, 2.45) is 0 Å². The van der Waals surface area contributed by atoms with Gasteiger partial charge >= 0.3 is 0 Å². The molecule has 5 rings (SSSR count). The highest BCUT2D eigenvalue weighted by Gasteiger charge is 2.34. The van der Waals surface area contributed by atoms with Crippen LogP contribution in [0.3, 0.4) is 0 Å². The van der Waals surface area contributed by atoms with Gasteiger partial charge in [0.1, 0.15) is 11.6 Å². The number of aryl methyl sites for hydroxylation is 1. The molecule has 0 saturated carbocycles. The van der Waals surface area contributed by atoms with Crippen LogP contribution in [0.25, 0.3) is 11.8 Å². The number of nitrogens with zero attached hydrogens (tertiary/aromatic N) is 3. The van der Waals surface area contributed by atoms with Crippen LogP contribution in [0.5, 0.6) is 5.75 Å². The molecule has 32 heavy (non-hydrogen) atoms. The number of hydrogen-bond donors (Lipinski definition) is 0. The van der Waals surface area contributed by atoms with E-state index in [9.17, 15) is 9.18 Å². The Morgan fingerprint density at radius 1 is 1.22 bits per heavy atom. The van der Waals surface area contributed by atoms with Crippen molar-refractivity contribution < 1.29 is 13.9 Å². The fraction of sp³-hybridized carbons (Fsp3) is 0.308. The molecule has 6 heteroatoms. The third kappa shape index (κ3) is 3.70. The molecule has 2 heterocycles. The Labute approximate surface area is 187 Å². The summed E-state index contributed by atoms with van der Waals surface area (Å²) in [4.78, 5) is 19.5. The lowest BCUT2D eigenvalue weighted by Gasteiger charge is -2.33. The largest absolute Gasteiger partial charge is 0.495 e. The first-order valence-corrected chi connectivity index (χ1v) is 11.0. The fourth-order valence-corrected chi connectivity index (χ4v) is 4.87. The summed E-state index contributed by atoms with van der Waals surface area (Å²) in [6, 6.07) is 11.2. The van der Waals surface area contributed by atoms with Crippen molar-refractivity contribution in [2.75, 3.05) is 13.7 Å². The van der Waals surface area contributed by atoms with Crippen LogP contribution in [0.4, 0.5) is 4.39 Å². The molecular formula is C26H26FN3O2. The number of carbonyl (C=O) groups excluding carboxylic acids is 1. The normalized spacial score (nSPS) is 19.5. The number of hydrogen-bond acceptors (Lipinski definition) is 3. The van der Waals surface area contributed by atoms with Gasteiger partial charge in [-0.3, -0.25) is 4.79 Å². The van der Waals surface area contributed by atoms with Crippen LogP contribution in [0.15, 0.2) is 54.5 Å². The van der Waals surface area contributed by atoms with Crippen molar-refractivity contribution in [3.8, 4) is 11.4 Å². The minimum absolute atomic E-state index is 0.0273. The molecular weight excluding hydrogens is 405 g/mol. The molecule has 164 valence electrons. The van der Waals surface area contributed by atoms with Crippen LogP contribution in [-0.2, 0) is 17.6 Å². The third-order valence-corrected chi connectivity index (χ3v) is 6.47. The highest BCUT2D eigenvalue weighted by molar-refractivity contribution is 5.98. The molecule has 1 saturated heterocycles. The predicted molar refractivity (Wildman–Crippen MR) is 121 cm³/mol. The average Bonchev–Trinajstić information content (AvgIpc) is 3.42. The zero-order valence-electron chi connectivity index (χ0n) is 18.3. The first-order valence-electron chi connectivity index (χ1n) is 11.0. The van der Waals surface area contributed by atoms with Crippen LogP contribution in [0.2, 0.25) is 0 Å². The molecule has 2 aromatic carbocycles. The van der Waals surface area contributed by atoms with Gasteiger partial charge in [-0.05, 0) is 73.6 Å². The van der Waals surface area contributed by atoms with Gasteiger partial charge in [-0.1, -0.05) is 18.2 Å². The Bertz CT molecular complexity index is 1210. The zero-order valence-corrected chi connectivity index (χ0v) is 18.3. The summed E-state index contributed by atoms with van der Waals surface area (Å²) in [5.74, 6) is 0.617. The number of rotatable bonds is 4. The molecule has 0 radical (unpaired) electrons. The van der Waals surface area contributed by atoms with Gasteiger partial charge in [-0.2, -0.15) is 0 Å². The number of piperidine rings is 1. The van der Waals surface area contributed by atoms with Gasteiger partial charge in [0.05, 0.1) is 24.8 Å². The summed E-state index contributed by atoms with van der Waals surface area (Å²) in [6.07, 6.45) is 8.64. The molecule has 3 aromatic rings. The molecule has 0 N–H and O–H groups in total. The summed E-state index contributed by atoms with van der Waals surface area (Å²) >= 11 is 0. The predicted octanol–water partition coefficient (Wildman–Crippen LogP) is 4.50. The molecule has 1 fully saturated rings. The van der Waals surface area contributed by atoms with Gasteiger partial charge in [-0.15, -0.1) is 0 Å². The van der Waals surface area contributed by atoms with E-state index in [4.69, 9.17) is 4.74 Å². The summed E-state index contributed by atoms with van der Waals surface area (Å²) < 4.78 is 21.7. The molecule has 1 amide bonds. The number of amides is 1. The first-order chi connectivity index (χ1) is 15.5. The number of aromatic nitrogens is 2. The minimum Gasteiger partial charge on any atom is -0.495 e. The second kappa shape index (κ2) is 8.26. The van der Waals surface area contributed by atoms with Crippen LogP contribution in [0.1, 0.15) is 35.2 Å². The summed E-state index contributed by atoms with van der Waals surface area (Å²) in [5.41, 5.74) is 5.33. The lowest BCUT2D eigenvalue weighted by Crippen LogP contribution is -2.44. The standard InChI is InChI=1S/C26H26FN3O2/c1-17-15-29(16-28-17)24-9-8-18(12-25(24)32-2)11-20-6-4-10-30(26(20)31)21-13-19-5-3-7-23(27)22(19)14-21/h3,5,7-9,11-12,15-16,21H,4,6,10,13-14H2,1-2H3/t21-/m0/s1. The zero-order chi connectivity index (χ0) is 22.2. The van der Waals surface area contributed by atoms with Crippen LogP contribution < -0.4 is 4.74 Å². The second-order valence-electron chi connectivity index (χ2n) is 8.56. The van der Waals surface area contributed by atoms with E-state index in [0.717, 1.165) is 65.2 Å². The van der Waals surface area contributed by atoms with E-state index < -0.39 is 0 Å². The number of imidazole rings is 1. The van der Waals surface area contributed by atoms with Crippen LogP contribution >= 0.6 is 0 Å². The highest BCUT2D eigenvalue weighted by atomic mass is 19.1. The maximum Gasteiger partial charge on any atom is 0.250 e. The van der Waals surface area contributed by atoms with E-state index in [1.165, 1.54) is 6.07 Å². The minimum atomic E-state index is -0.162. The summed E-state index contributed by atoms with van der Waals surface area (Å²) in [5, 5.41) is 0. The molecule has 2 aliphatic rings. The van der Waals surface area contributed by atoms with E-state index in [1.807, 2.05) is 52.9 Å². The van der Waals surface area contributed by atoms with E-state index in [-0.39, 0.29) is 17.8 Å². The number of likely N-dealkylation sites (tertiary alicyclic amines) is 1. The Morgan fingerprint density at radius 3 is 2.84 bits per heavy atom. The number of benzene rings is 2. The number of halogens is 1. The van der Waals surface area contributed by atoms with Crippen molar-refractivity contribution in [2.45, 2.75) is 38.6 Å². The number of ether oxygens (including phenoxy) is 1. The van der Waals surface area contributed by atoms with Crippen molar-refractivity contribution in [1.29, 1.82) is 0 Å². The smallest absolute Gasteiger partial charge is 0.250 e. The number of fused-ring (bicyclic) bond motifs is 1. The molecule has 1 atom stereocenters. The van der Waals surface area contributed by atoms with Crippen molar-refractivity contribution in [1.82, 2.24) is 14.5 Å². The van der Waals surface area contributed by atoms with Gasteiger partial charge in [0.2, 0.25) is 5.91 Å². The summed E-state index contributed by atoms with van der Waals surface area (Å²) in [6.45, 7) is 2.66. The molecule has 1 aliphatic heterocycles. The fourth-order valence-electron chi connectivity index (χ4n) is 4.87. The maximum atomic E-state index is 14.2. The molecule has 0 unspecified atom stereocenters. The van der Waals surface area contributed by atoms with Gasteiger partial charge in [0, 0.05) is 24.4 Å². The highest BCUT2D eigenvalue weighted by Crippen LogP contribution is 2.32. The first kappa shape index (κ1) is 20.5. The van der Waals surface area contributed by atoms with Gasteiger partial charge in [0.25, 0.3) is 0 Å².